The van der Waals surface area contributed by atoms with Gasteiger partial charge in [-0.3, -0.25) is 4.79 Å². The Balaban J connectivity index is 1.39. The Kier molecular flexibility index (Phi) is 7.00. The number of nitrogens with one attached hydrogen (secondary N) is 2. The van der Waals surface area contributed by atoms with Crippen molar-refractivity contribution in [3.8, 4) is 0 Å². The van der Waals surface area contributed by atoms with Crippen LogP contribution in [-0.2, 0) is 11.0 Å². The fourth-order valence-electron chi connectivity index (χ4n) is 5.01. The van der Waals surface area contributed by atoms with E-state index in [4.69, 9.17) is 0 Å². The summed E-state index contributed by atoms with van der Waals surface area (Å²) in [5, 5.41) is 16.4. The van der Waals surface area contributed by atoms with Crippen LogP contribution in [0.25, 0.3) is 0 Å². The van der Waals surface area contributed by atoms with Gasteiger partial charge < -0.3 is 25.5 Å². The van der Waals surface area contributed by atoms with Crippen molar-refractivity contribution >= 4 is 12.0 Å². The number of nitrogens with zero attached hydrogens (tertiary/aromatic N) is 2. The minimum Gasteiger partial charge on any atom is -0.481 e. The van der Waals surface area contributed by atoms with Gasteiger partial charge >= 0.3 is 18.2 Å². The van der Waals surface area contributed by atoms with Crippen LogP contribution in [0.5, 0.6) is 0 Å². The number of hydrogen-bond donors (Lipinski definition) is 3. The topological polar surface area (TPSA) is 84.9 Å². The van der Waals surface area contributed by atoms with E-state index in [0.29, 0.717) is 13.1 Å². The number of benzene rings is 1. The first kappa shape index (κ1) is 24.9. The van der Waals surface area contributed by atoms with E-state index in [1.165, 1.54) is 22.6 Å². The molecule has 1 saturated heterocycles. The zero-order valence-corrected chi connectivity index (χ0v) is 19.7. The molecule has 190 valence electrons. The first-order chi connectivity index (χ1) is 16.6. The highest BCUT2D eigenvalue weighted by molar-refractivity contribution is 5.78. The highest BCUT2D eigenvalue weighted by atomic mass is 19.4. The van der Waals surface area contributed by atoms with Gasteiger partial charge in [-0.15, -0.1) is 0 Å². The maximum Gasteiger partial charge on any atom is 0.416 e. The van der Waals surface area contributed by atoms with Crippen molar-refractivity contribution in [3.63, 3.8) is 0 Å². The molecular formula is C25H31F3N4O3. The smallest absolute Gasteiger partial charge is 0.416 e. The molecule has 10 heteroatoms. The average molecular weight is 493 g/mol. The summed E-state index contributed by atoms with van der Waals surface area (Å²) in [6.45, 7) is 4.21. The number of allylic oxidation sites excluding steroid dienone is 2. The van der Waals surface area contributed by atoms with E-state index in [9.17, 15) is 27.9 Å². The SMILES string of the molecule is C[C@@]1(CCCN2CCN([C@@H](CC(=O)O)c3cccc(C(F)(F)F)c3)C2=O)C=CC2=C(NCCC2)N1. The molecule has 0 saturated carbocycles. The van der Waals surface area contributed by atoms with E-state index in [1.807, 2.05) is 0 Å². The van der Waals surface area contributed by atoms with Gasteiger partial charge in [0.1, 0.15) is 5.82 Å². The number of urea groups is 1. The second-order valence-electron chi connectivity index (χ2n) is 9.61. The monoisotopic (exact) mass is 492 g/mol. The molecule has 0 bridgehead atoms. The predicted octanol–water partition coefficient (Wildman–Crippen LogP) is 4.25. The molecule has 0 unspecified atom stereocenters. The van der Waals surface area contributed by atoms with Gasteiger partial charge in [0.25, 0.3) is 0 Å². The second kappa shape index (κ2) is 9.83. The lowest BCUT2D eigenvalue weighted by Crippen LogP contribution is -2.47. The molecule has 3 aliphatic rings. The summed E-state index contributed by atoms with van der Waals surface area (Å²) in [6, 6.07) is 3.27. The van der Waals surface area contributed by atoms with Gasteiger partial charge in [0.05, 0.1) is 23.6 Å². The molecule has 2 amide bonds. The molecule has 0 spiro atoms. The second-order valence-corrected chi connectivity index (χ2v) is 9.61. The van der Waals surface area contributed by atoms with Crippen LogP contribution in [0.15, 0.2) is 47.8 Å². The van der Waals surface area contributed by atoms with E-state index in [-0.39, 0.29) is 23.7 Å². The van der Waals surface area contributed by atoms with Crippen LogP contribution in [0.4, 0.5) is 18.0 Å². The molecule has 7 nitrogen and oxygen atoms in total. The van der Waals surface area contributed by atoms with Crippen LogP contribution in [0.2, 0.25) is 0 Å². The summed E-state index contributed by atoms with van der Waals surface area (Å²) in [4.78, 5) is 27.7. The third-order valence-electron chi connectivity index (χ3n) is 6.90. The largest absolute Gasteiger partial charge is 0.481 e. The van der Waals surface area contributed by atoms with E-state index in [0.717, 1.165) is 50.2 Å². The molecular weight excluding hydrogens is 461 g/mol. The number of carboxylic acids is 1. The number of dihydropyridines is 1. The highest BCUT2D eigenvalue weighted by Crippen LogP contribution is 2.34. The number of carboxylic acid groups (broad SMARTS) is 1. The van der Waals surface area contributed by atoms with Gasteiger partial charge in [-0.25, -0.2) is 4.79 Å². The maximum atomic E-state index is 13.2. The lowest BCUT2D eigenvalue weighted by atomic mass is 9.89. The Morgan fingerprint density at radius 1 is 1.29 bits per heavy atom. The Hall–Kier alpha value is -3.17. The summed E-state index contributed by atoms with van der Waals surface area (Å²) in [5.41, 5.74) is 0.347. The quantitative estimate of drug-likeness (QED) is 0.505. The number of amides is 2. The third-order valence-corrected chi connectivity index (χ3v) is 6.90. The third kappa shape index (κ3) is 5.74. The van der Waals surface area contributed by atoms with Gasteiger partial charge in [-0.1, -0.05) is 24.3 Å². The Bertz CT molecular complexity index is 1040. The summed E-state index contributed by atoms with van der Waals surface area (Å²) in [5.74, 6) is -0.103. The molecule has 3 aliphatic heterocycles. The predicted molar refractivity (Wildman–Crippen MR) is 124 cm³/mol. The molecule has 0 aromatic heterocycles. The zero-order chi connectivity index (χ0) is 25.2. The van der Waals surface area contributed by atoms with Crippen LogP contribution < -0.4 is 10.6 Å². The van der Waals surface area contributed by atoms with E-state index in [1.54, 1.807) is 4.90 Å². The first-order valence-corrected chi connectivity index (χ1v) is 11.9. The molecule has 3 heterocycles. The molecule has 0 radical (unpaired) electrons. The fourth-order valence-corrected chi connectivity index (χ4v) is 5.01. The number of halogens is 3. The highest BCUT2D eigenvalue weighted by Gasteiger charge is 2.37. The zero-order valence-electron chi connectivity index (χ0n) is 19.7. The van der Waals surface area contributed by atoms with Gasteiger partial charge in [-0.05, 0) is 55.9 Å². The summed E-state index contributed by atoms with van der Waals surface area (Å²) in [7, 11) is 0. The van der Waals surface area contributed by atoms with Gasteiger partial charge in [0.2, 0.25) is 0 Å². The van der Waals surface area contributed by atoms with Gasteiger partial charge in [0.15, 0.2) is 0 Å². The number of carbonyl (C=O) groups is 2. The molecule has 1 fully saturated rings. The van der Waals surface area contributed by atoms with Gasteiger partial charge in [0, 0.05) is 26.2 Å². The van der Waals surface area contributed by atoms with E-state index < -0.39 is 30.2 Å². The van der Waals surface area contributed by atoms with Crippen LogP contribution in [0, 0.1) is 0 Å². The van der Waals surface area contributed by atoms with Crippen LogP contribution in [-0.4, -0.2) is 58.6 Å². The fraction of sp³-hybridized carbons (Fsp3) is 0.520. The van der Waals surface area contributed by atoms with Crippen molar-refractivity contribution in [2.24, 2.45) is 0 Å². The minimum absolute atomic E-state index is 0.172. The average Bonchev–Trinajstić information content (AvgIpc) is 3.16. The number of carbonyl (C=O) groups excluding carboxylic acids is 1. The standard InChI is InChI=1S/C25H31F3N4O3/c1-24(10-8-17-6-3-11-29-22(17)30-24)9-4-12-31-13-14-32(23(31)35)20(16-21(33)34)18-5-2-7-19(15-18)25(26,27)28/h2,5,7-8,10,15,20,29-30H,3-4,6,9,11-14,16H2,1H3,(H,33,34)/t20-,24+/m0/s1. The van der Waals surface area contributed by atoms with Crippen molar-refractivity contribution in [3.05, 3.63) is 58.9 Å². The van der Waals surface area contributed by atoms with Crippen LogP contribution in [0.3, 0.4) is 0 Å². The summed E-state index contributed by atoms with van der Waals surface area (Å²) in [6.07, 6.45) is 2.98. The van der Waals surface area contributed by atoms with E-state index >= 15 is 0 Å². The normalized spacial score (nSPS) is 23.1. The molecule has 2 atom stereocenters. The van der Waals surface area contributed by atoms with Crippen molar-refractivity contribution in [1.29, 1.82) is 0 Å². The molecule has 0 aliphatic carbocycles. The lowest BCUT2D eigenvalue weighted by Gasteiger charge is -2.37. The number of alkyl halides is 3. The lowest BCUT2D eigenvalue weighted by molar-refractivity contribution is -0.138. The van der Waals surface area contributed by atoms with Crippen LogP contribution >= 0.6 is 0 Å². The van der Waals surface area contributed by atoms with Crippen LogP contribution in [0.1, 0.15) is 56.2 Å². The van der Waals surface area contributed by atoms with Crippen molar-refractivity contribution in [2.75, 3.05) is 26.2 Å². The number of hydrogen-bond acceptors (Lipinski definition) is 4. The maximum absolute atomic E-state index is 13.2. The minimum atomic E-state index is -4.55. The van der Waals surface area contributed by atoms with Crippen molar-refractivity contribution < 1.29 is 27.9 Å². The summed E-state index contributed by atoms with van der Waals surface area (Å²) < 4.78 is 39.6. The van der Waals surface area contributed by atoms with Crippen molar-refractivity contribution in [2.45, 2.75) is 56.8 Å². The Labute approximate surface area is 202 Å². The Morgan fingerprint density at radius 2 is 2.09 bits per heavy atom. The van der Waals surface area contributed by atoms with Gasteiger partial charge in [-0.2, -0.15) is 13.2 Å². The molecule has 1 aromatic carbocycles. The summed E-state index contributed by atoms with van der Waals surface area (Å²) >= 11 is 0. The molecule has 35 heavy (non-hydrogen) atoms. The van der Waals surface area contributed by atoms with E-state index in [2.05, 4.69) is 29.7 Å². The molecule has 3 N–H and O–H groups in total. The first-order valence-electron chi connectivity index (χ1n) is 11.9. The molecule has 1 aromatic rings. The Morgan fingerprint density at radius 3 is 2.83 bits per heavy atom. The molecule has 4 rings (SSSR count). The number of aliphatic carboxylic acids is 1. The number of rotatable bonds is 8. The van der Waals surface area contributed by atoms with Crippen molar-refractivity contribution in [1.82, 2.24) is 20.4 Å².